The van der Waals surface area contributed by atoms with Crippen LogP contribution < -0.4 is 5.73 Å². The van der Waals surface area contributed by atoms with Crippen molar-refractivity contribution >= 4 is 18.3 Å². The van der Waals surface area contributed by atoms with Crippen molar-refractivity contribution in [3.05, 3.63) is 24.3 Å². The van der Waals surface area contributed by atoms with E-state index in [2.05, 4.69) is 9.97 Å². The summed E-state index contributed by atoms with van der Waals surface area (Å²) in [7, 11) is 0. The molecule has 0 radical (unpaired) electrons. The summed E-state index contributed by atoms with van der Waals surface area (Å²) in [5.74, 6) is -0.553. The largest absolute Gasteiger partial charge is 0.412 e. The van der Waals surface area contributed by atoms with Gasteiger partial charge < -0.3 is 11.2 Å². The number of carbonyl (C=O) groups is 1. The van der Waals surface area contributed by atoms with Crippen LogP contribution in [-0.2, 0) is 0 Å². The van der Waals surface area contributed by atoms with Crippen LogP contribution in [0.15, 0.2) is 18.6 Å². The molecule has 5 nitrogen and oxygen atoms in total. The molecule has 0 aliphatic rings. The molecule has 6 heteroatoms. The first kappa shape index (κ1) is 12.5. The molecule has 0 aliphatic carbocycles. The van der Waals surface area contributed by atoms with Crippen LogP contribution in [0.2, 0.25) is 0 Å². The summed E-state index contributed by atoms with van der Waals surface area (Å²) in [5.41, 5.74) is 5.06. The van der Waals surface area contributed by atoms with Crippen LogP contribution in [0.5, 0.6) is 0 Å². The summed E-state index contributed by atoms with van der Waals surface area (Å²) in [4.78, 5) is 17.6. The highest BCUT2D eigenvalue weighted by Gasteiger charge is 1.97. The van der Waals surface area contributed by atoms with Crippen molar-refractivity contribution in [3.63, 3.8) is 0 Å². The number of nitrogens with zero attached hydrogens (tertiary/aromatic N) is 2. The van der Waals surface area contributed by atoms with Crippen LogP contribution in [0.1, 0.15) is 10.5 Å². The molecular weight excluding hydrogens is 170 g/mol. The number of amides is 1. The number of rotatable bonds is 1. The Morgan fingerprint density at radius 3 is 2.36 bits per heavy atom. The quantitative estimate of drug-likeness (QED) is 0.606. The summed E-state index contributed by atoms with van der Waals surface area (Å²) in [6, 6.07) is 0. The van der Waals surface area contributed by atoms with Gasteiger partial charge in [-0.05, 0) is 0 Å². The van der Waals surface area contributed by atoms with Gasteiger partial charge in [0.2, 0.25) is 0 Å². The second-order valence-electron chi connectivity index (χ2n) is 1.45. The molecule has 0 spiro atoms. The van der Waals surface area contributed by atoms with E-state index >= 15 is 0 Å². The van der Waals surface area contributed by atoms with Crippen molar-refractivity contribution in [2.45, 2.75) is 0 Å². The van der Waals surface area contributed by atoms with E-state index in [1.807, 2.05) is 0 Å². The molecule has 1 rings (SSSR count). The maximum Gasteiger partial charge on any atom is 0.268 e. The lowest BCUT2D eigenvalue weighted by Gasteiger charge is -1.87. The Balaban J connectivity index is 0. The molecule has 62 valence electrons. The molecule has 1 heterocycles. The second kappa shape index (κ2) is 5.57. The van der Waals surface area contributed by atoms with Crippen LogP contribution in [0.4, 0.5) is 0 Å². The van der Waals surface area contributed by atoms with Crippen molar-refractivity contribution in [2.24, 2.45) is 5.73 Å². The maximum absolute atomic E-state index is 10.3. The highest BCUT2D eigenvalue weighted by atomic mass is 35.5. The van der Waals surface area contributed by atoms with Crippen molar-refractivity contribution in [1.29, 1.82) is 0 Å². The SMILES string of the molecule is Cl.NC(=O)c1cnccn1.O. The molecule has 1 aromatic rings. The van der Waals surface area contributed by atoms with Gasteiger partial charge >= 0.3 is 0 Å². The molecule has 0 aliphatic heterocycles. The molecule has 0 saturated heterocycles. The van der Waals surface area contributed by atoms with Gasteiger partial charge in [0.05, 0.1) is 6.20 Å². The number of primary amides is 1. The molecule has 0 fully saturated rings. The summed E-state index contributed by atoms with van der Waals surface area (Å²) < 4.78 is 0. The lowest BCUT2D eigenvalue weighted by molar-refractivity contribution is 0.0995. The van der Waals surface area contributed by atoms with Crippen molar-refractivity contribution in [1.82, 2.24) is 9.97 Å². The minimum atomic E-state index is -0.553. The molecular formula is C5H8ClN3O2. The van der Waals surface area contributed by atoms with Crippen LogP contribution in [0.3, 0.4) is 0 Å². The fraction of sp³-hybridized carbons (Fsp3) is 0. The average Bonchev–Trinajstić information content (AvgIpc) is 1.90. The Bertz CT molecular complexity index is 216. The van der Waals surface area contributed by atoms with Gasteiger partial charge in [-0.2, -0.15) is 0 Å². The first-order valence-corrected chi connectivity index (χ1v) is 2.36. The fourth-order valence-electron chi connectivity index (χ4n) is 0.426. The zero-order valence-corrected chi connectivity index (χ0v) is 6.34. The standard InChI is InChI=1S/C5H5N3O.ClH.H2O/c6-5(9)4-3-7-1-2-8-4;;/h1-3H,(H2,6,9);1H;1H2. The summed E-state index contributed by atoms with van der Waals surface area (Å²) in [5, 5.41) is 0. The minimum absolute atomic E-state index is 0. The van der Waals surface area contributed by atoms with E-state index in [1.54, 1.807) is 0 Å². The van der Waals surface area contributed by atoms with E-state index in [4.69, 9.17) is 5.73 Å². The first-order chi connectivity index (χ1) is 4.30. The van der Waals surface area contributed by atoms with Gasteiger partial charge in [0.1, 0.15) is 5.69 Å². The molecule has 0 bridgehead atoms. The first-order valence-electron chi connectivity index (χ1n) is 2.36. The van der Waals surface area contributed by atoms with Gasteiger partial charge in [0.15, 0.2) is 0 Å². The molecule has 11 heavy (non-hydrogen) atoms. The predicted molar refractivity (Wildman–Crippen MR) is 41.4 cm³/mol. The van der Waals surface area contributed by atoms with Crippen molar-refractivity contribution < 1.29 is 10.3 Å². The predicted octanol–water partition coefficient (Wildman–Crippen LogP) is -0.827. The lowest BCUT2D eigenvalue weighted by Crippen LogP contribution is -2.12. The third-order valence-corrected chi connectivity index (χ3v) is 0.816. The highest BCUT2D eigenvalue weighted by molar-refractivity contribution is 5.90. The van der Waals surface area contributed by atoms with E-state index in [0.717, 1.165) is 0 Å². The summed E-state index contributed by atoms with van der Waals surface area (Å²) >= 11 is 0. The number of aromatic nitrogens is 2. The Hall–Kier alpha value is -1.20. The normalized spacial score (nSPS) is 7.27. The van der Waals surface area contributed by atoms with Crippen LogP contribution in [0, 0.1) is 0 Å². The Morgan fingerprint density at radius 1 is 1.45 bits per heavy atom. The monoisotopic (exact) mass is 177 g/mol. The molecule has 1 aromatic heterocycles. The van der Waals surface area contributed by atoms with E-state index in [-0.39, 0.29) is 23.6 Å². The Labute approximate surface area is 69.4 Å². The lowest BCUT2D eigenvalue weighted by atomic mass is 10.4. The van der Waals surface area contributed by atoms with Crippen LogP contribution >= 0.6 is 12.4 Å². The summed E-state index contributed by atoms with van der Waals surface area (Å²) in [6.45, 7) is 0. The van der Waals surface area contributed by atoms with Crippen molar-refractivity contribution in [3.8, 4) is 0 Å². The highest BCUT2D eigenvalue weighted by Crippen LogP contribution is 1.84. The Morgan fingerprint density at radius 2 is 2.09 bits per heavy atom. The minimum Gasteiger partial charge on any atom is -0.412 e. The summed E-state index contributed by atoms with van der Waals surface area (Å²) in [6.07, 6.45) is 4.22. The maximum atomic E-state index is 10.3. The third-order valence-electron chi connectivity index (χ3n) is 0.816. The van der Waals surface area contributed by atoms with Gasteiger partial charge in [0, 0.05) is 12.4 Å². The smallest absolute Gasteiger partial charge is 0.268 e. The molecule has 4 N–H and O–H groups in total. The molecule has 1 amide bonds. The number of carbonyl (C=O) groups excluding carboxylic acids is 1. The topological polar surface area (TPSA) is 100 Å². The van der Waals surface area contributed by atoms with Crippen LogP contribution in [-0.4, -0.2) is 21.4 Å². The van der Waals surface area contributed by atoms with E-state index in [0.29, 0.717) is 0 Å². The second-order valence-corrected chi connectivity index (χ2v) is 1.45. The van der Waals surface area contributed by atoms with Gasteiger partial charge in [-0.3, -0.25) is 9.78 Å². The average molecular weight is 178 g/mol. The van der Waals surface area contributed by atoms with Gasteiger partial charge in [0.25, 0.3) is 5.91 Å². The van der Waals surface area contributed by atoms with E-state index in [1.165, 1.54) is 18.6 Å². The number of nitrogens with two attached hydrogens (primary N) is 1. The molecule has 0 aromatic carbocycles. The molecule has 0 saturated carbocycles. The fourth-order valence-corrected chi connectivity index (χ4v) is 0.426. The van der Waals surface area contributed by atoms with Gasteiger partial charge in [-0.25, -0.2) is 4.98 Å². The van der Waals surface area contributed by atoms with E-state index in [9.17, 15) is 4.79 Å². The number of hydrogen-bond donors (Lipinski definition) is 1. The number of halogens is 1. The van der Waals surface area contributed by atoms with Gasteiger partial charge in [-0.15, -0.1) is 12.4 Å². The zero-order valence-electron chi connectivity index (χ0n) is 5.52. The number of hydrogen-bond acceptors (Lipinski definition) is 3. The Kier molecular flexibility index (Phi) is 6.32. The zero-order chi connectivity index (χ0) is 6.69. The van der Waals surface area contributed by atoms with Crippen molar-refractivity contribution in [2.75, 3.05) is 0 Å². The molecule has 0 atom stereocenters. The molecule has 0 unspecified atom stereocenters. The van der Waals surface area contributed by atoms with Crippen LogP contribution in [0.25, 0.3) is 0 Å². The third kappa shape index (κ3) is 3.49. The van der Waals surface area contributed by atoms with Gasteiger partial charge in [-0.1, -0.05) is 0 Å². The van der Waals surface area contributed by atoms with E-state index < -0.39 is 5.91 Å².